The third-order valence-electron chi connectivity index (χ3n) is 6.17. The minimum Gasteiger partial charge on any atom is -0.337 e. The van der Waals surface area contributed by atoms with Crippen molar-refractivity contribution < 1.29 is 0 Å². The molecule has 0 bridgehead atoms. The summed E-state index contributed by atoms with van der Waals surface area (Å²) in [6.45, 7) is 8.97. The van der Waals surface area contributed by atoms with Crippen LogP contribution in [0.25, 0.3) is 0 Å². The quantitative estimate of drug-likeness (QED) is 0.898. The number of rotatable bonds is 5. The van der Waals surface area contributed by atoms with Gasteiger partial charge in [-0.25, -0.2) is 4.98 Å². The summed E-state index contributed by atoms with van der Waals surface area (Å²) in [6, 6.07) is 4.50. The Morgan fingerprint density at radius 2 is 2.15 bits per heavy atom. The Kier molecular flexibility index (Phi) is 5.36. The van der Waals surface area contributed by atoms with Gasteiger partial charge >= 0.3 is 0 Å². The van der Waals surface area contributed by atoms with Gasteiger partial charge in [0.05, 0.1) is 6.33 Å². The molecule has 2 fully saturated rings. The van der Waals surface area contributed by atoms with Gasteiger partial charge in [-0.2, -0.15) is 0 Å². The number of nitrogens with zero attached hydrogens (tertiary/aromatic N) is 4. The molecule has 1 N–H and O–H groups in total. The predicted octanol–water partition coefficient (Wildman–Crippen LogP) is 2.62. The van der Waals surface area contributed by atoms with E-state index in [1.165, 1.54) is 50.0 Å². The van der Waals surface area contributed by atoms with E-state index in [-0.39, 0.29) is 5.41 Å². The van der Waals surface area contributed by atoms with Crippen molar-refractivity contribution in [3.63, 3.8) is 0 Å². The summed E-state index contributed by atoms with van der Waals surface area (Å²) in [4.78, 5) is 11.8. The van der Waals surface area contributed by atoms with Crippen molar-refractivity contribution in [1.29, 1.82) is 0 Å². The van der Waals surface area contributed by atoms with Crippen LogP contribution in [0.15, 0.2) is 37.1 Å². The fourth-order valence-electron chi connectivity index (χ4n) is 4.75. The van der Waals surface area contributed by atoms with E-state index in [2.05, 4.69) is 45.0 Å². The zero-order valence-corrected chi connectivity index (χ0v) is 15.9. The number of imidazole rings is 1. The van der Waals surface area contributed by atoms with Crippen LogP contribution in [-0.2, 0) is 12.0 Å². The Morgan fingerprint density at radius 1 is 1.27 bits per heavy atom. The van der Waals surface area contributed by atoms with Crippen molar-refractivity contribution in [2.75, 3.05) is 32.7 Å². The molecule has 140 valence electrons. The lowest BCUT2D eigenvalue weighted by Gasteiger charge is -2.43. The number of nitrogens with one attached hydrogen (secondary N) is 1. The highest BCUT2D eigenvalue weighted by Gasteiger charge is 2.37. The zero-order chi connectivity index (χ0) is 17.8. The van der Waals surface area contributed by atoms with Crippen molar-refractivity contribution >= 4 is 0 Å². The van der Waals surface area contributed by atoms with E-state index in [1.54, 1.807) is 0 Å². The number of likely N-dealkylation sites (tertiary alicyclic amines) is 1. The van der Waals surface area contributed by atoms with Crippen molar-refractivity contribution in [3.05, 3.63) is 48.3 Å². The number of hydrogen-bond acceptors (Lipinski definition) is 4. The second kappa shape index (κ2) is 7.89. The smallest absolute Gasteiger partial charge is 0.0946 e. The Balaban J connectivity index is 1.47. The Hall–Kier alpha value is -1.72. The number of aryl methyl sites for hydroxylation is 1. The van der Waals surface area contributed by atoms with Gasteiger partial charge in [-0.05, 0) is 69.8 Å². The maximum atomic E-state index is 4.85. The largest absolute Gasteiger partial charge is 0.337 e. The first kappa shape index (κ1) is 17.7. The molecule has 2 aromatic heterocycles. The Bertz CT molecular complexity index is 673. The molecule has 2 aliphatic heterocycles. The van der Waals surface area contributed by atoms with Crippen LogP contribution >= 0.6 is 0 Å². The van der Waals surface area contributed by atoms with Crippen LogP contribution in [-0.4, -0.2) is 52.2 Å². The first-order valence-corrected chi connectivity index (χ1v) is 10.1. The third kappa shape index (κ3) is 3.99. The number of piperidine rings is 2. The van der Waals surface area contributed by atoms with Gasteiger partial charge in [-0.15, -0.1) is 0 Å². The van der Waals surface area contributed by atoms with E-state index in [0.29, 0.717) is 0 Å². The normalized spacial score (nSPS) is 23.8. The lowest BCUT2D eigenvalue weighted by molar-refractivity contribution is 0.113. The van der Waals surface area contributed by atoms with Gasteiger partial charge in [0, 0.05) is 49.3 Å². The van der Waals surface area contributed by atoms with E-state index in [0.717, 1.165) is 32.1 Å². The fraction of sp³-hybridized carbons (Fsp3) is 0.619. The molecule has 0 radical (unpaired) electrons. The summed E-state index contributed by atoms with van der Waals surface area (Å²) in [5.74, 6) is 0.725. The molecule has 2 aliphatic rings. The van der Waals surface area contributed by atoms with E-state index >= 15 is 0 Å². The maximum absolute atomic E-state index is 4.85. The molecule has 5 heteroatoms. The van der Waals surface area contributed by atoms with Gasteiger partial charge in [0.25, 0.3) is 0 Å². The molecule has 0 aliphatic carbocycles. The second-order valence-corrected chi connectivity index (χ2v) is 8.25. The lowest BCUT2D eigenvalue weighted by atomic mass is 9.74. The monoisotopic (exact) mass is 353 g/mol. The number of pyridine rings is 1. The summed E-state index contributed by atoms with van der Waals surface area (Å²) in [5.41, 5.74) is 2.74. The first-order chi connectivity index (χ1) is 12.7. The summed E-state index contributed by atoms with van der Waals surface area (Å²) in [7, 11) is 0. The Labute approximate surface area is 156 Å². The van der Waals surface area contributed by atoms with Gasteiger partial charge in [0.15, 0.2) is 0 Å². The van der Waals surface area contributed by atoms with Crippen LogP contribution < -0.4 is 5.32 Å². The molecular formula is C21H31N5. The van der Waals surface area contributed by atoms with Gasteiger partial charge in [-0.1, -0.05) is 6.07 Å². The summed E-state index contributed by atoms with van der Waals surface area (Å²) in [5, 5.41) is 3.54. The van der Waals surface area contributed by atoms with Gasteiger partial charge < -0.3 is 14.8 Å². The summed E-state index contributed by atoms with van der Waals surface area (Å²) in [6.07, 6.45) is 13.0. The first-order valence-electron chi connectivity index (χ1n) is 10.1. The zero-order valence-electron chi connectivity index (χ0n) is 15.9. The highest BCUT2D eigenvalue weighted by molar-refractivity contribution is 5.22. The van der Waals surface area contributed by atoms with Crippen LogP contribution in [0.3, 0.4) is 0 Å². The van der Waals surface area contributed by atoms with E-state index < -0.39 is 0 Å². The molecule has 5 nitrogen and oxygen atoms in total. The van der Waals surface area contributed by atoms with E-state index in [1.807, 2.05) is 18.7 Å². The van der Waals surface area contributed by atoms with Crippen molar-refractivity contribution in [2.24, 2.45) is 5.92 Å². The predicted molar refractivity (Wildman–Crippen MR) is 104 cm³/mol. The van der Waals surface area contributed by atoms with Crippen LogP contribution in [0, 0.1) is 12.8 Å². The van der Waals surface area contributed by atoms with Crippen LogP contribution in [0.2, 0.25) is 0 Å². The van der Waals surface area contributed by atoms with Gasteiger partial charge in [0.2, 0.25) is 0 Å². The molecule has 4 rings (SSSR count). The van der Waals surface area contributed by atoms with E-state index in [4.69, 9.17) is 4.98 Å². The average molecular weight is 354 g/mol. The van der Waals surface area contributed by atoms with Crippen LogP contribution in [0.1, 0.15) is 36.9 Å². The SMILES string of the molecule is Cc1ccc(C2(CN3CCCC(Cn4ccnc4)C3)CCNCC2)nc1. The lowest BCUT2D eigenvalue weighted by Crippen LogP contribution is -2.50. The molecule has 0 spiro atoms. The topological polar surface area (TPSA) is 46.0 Å². The molecular weight excluding hydrogens is 322 g/mol. The van der Waals surface area contributed by atoms with Crippen molar-refractivity contribution in [2.45, 2.75) is 44.6 Å². The molecule has 2 aromatic rings. The molecule has 1 atom stereocenters. The molecule has 4 heterocycles. The minimum absolute atomic E-state index is 0.204. The number of hydrogen-bond donors (Lipinski definition) is 1. The fourth-order valence-corrected chi connectivity index (χ4v) is 4.75. The van der Waals surface area contributed by atoms with Crippen molar-refractivity contribution in [1.82, 2.24) is 24.8 Å². The highest BCUT2D eigenvalue weighted by Crippen LogP contribution is 2.34. The Morgan fingerprint density at radius 3 is 2.88 bits per heavy atom. The molecule has 0 aromatic carbocycles. The highest BCUT2D eigenvalue weighted by atomic mass is 15.2. The molecule has 1 unspecified atom stereocenters. The summed E-state index contributed by atoms with van der Waals surface area (Å²) < 4.78 is 2.23. The van der Waals surface area contributed by atoms with Crippen LogP contribution in [0.4, 0.5) is 0 Å². The minimum atomic E-state index is 0.204. The van der Waals surface area contributed by atoms with Gasteiger partial charge in [-0.3, -0.25) is 4.98 Å². The van der Waals surface area contributed by atoms with E-state index in [9.17, 15) is 0 Å². The summed E-state index contributed by atoms with van der Waals surface area (Å²) >= 11 is 0. The maximum Gasteiger partial charge on any atom is 0.0946 e. The van der Waals surface area contributed by atoms with Crippen LogP contribution in [0.5, 0.6) is 0 Å². The molecule has 0 amide bonds. The second-order valence-electron chi connectivity index (χ2n) is 8.25. The molecule has 26 heavy (non-hydrogen) atoms. The van der Waals surface area contributed by atoms with Gasteiger partial charge in [0.1, 0.15) is 0 Å². The molecule has 2 saturated heterocycles. The number of aromatic nitrogens is 3. The third-order valence-corrected chi connectivity index (χ3v) is 6.17. The van der Waals surface area contributed by atoms with Crippen molar-refractivity contribution in [3.8, 4) is 0 Å². The average Bonchev–Trinajstić information content (AvgIpc) is 3.16. The molecule has 0 saturated carbocycles. The standard InChI is InChI=1S/C21H31N5/c1-18-4-5-20(24-13-18)21(6-8-22-9-7-21)16-25-11-2-3-19(14-25)15-26-12-10-23-17-26/h4-5,10,12-13,17,19,22H,2-3,6-9,11,14-16H2,1H3.